The fourth-order valence-electron chi connectivity index (χ4n) is 3.39. The highest BCUT2D eigenvalue weighted by atomic mass is 35.5. The third kappa shape index (κ3) is 4.78. The van der Waals surface area contributed by atoms with Crippen LogP contribution < -0.4 is 5.32 Å². The van der Waals surface area contributed by atoms with E-state index in [4.69, 9.17) is 18.0 Å². The smallest absolute Gasteiger partial charge is 0.187 e. The third-order valence-electron chi connectivity index (χ3n) is 4.90. The fourth-order valence-corrected chi connectivity index (χ4v) is 3.52. The zero-order chi connectivity index (χ0) is 19.3. The molecule has 1 saturated carbocycles. The Bertz CT molecular complexity index is 889. The summed E-state index contributed by atoms with van der Waals surface area (Å²) in [5, 5.41) is 3.95. The molecule has 27 heavy (non-hydrogen) atoms. The van der Waals surface area contributed by atoms with Gasteiger partial charge >= 0.3 is 0 Å². The summed E-state index contributed by atoms with van der Waals surface area (Å²) in [5.74, 6) is 2.32. The average Bonchev–Trinajstić information content (AvgIpc) is 2.68. The Hall–Kier alpha value is -2.57. The van der Waals surface area contributed by atoms with Gasteiger partial charge in [0, 0.05) is 27.9 Å². The van der Waals surface area contributed by atoms with Gasteiger partial charge in [0.25, 0.3) is 0 Å². The normalized spacial score (nSPS) is 16.4. The Balaban J connectivity index is 1.98. The van der Waals surface area contributed by atoms with Crippen LogP contribution in [0.2, 0.25) is 5.02 Å². The minimum atomic E-state index is -0.517. The Labute approximate surface area is 164 Å². The quantitative estimate of drug-likeness (QED) is 0.413. The summed E-state index contributed by atoms with van der Waals surface area (Å²) >= 11 is 5.90. The van der Waals surface area contributed by atoms with Crippen LogP contribution in [0.4, 0.5) is 4.39 Å². The molecule has 3 rings (SSSR count). The first-order chi connectivity index (χ1) is 13.0. The molecule has 0 unspecified atom stereocenters. The van der Waals surface area contributed by atoms with E-state index in [-0.39, 0.29) is 11.6 Å². The Kier molecular flexibility index (Phi) is 5.98. The predicted molar refractivity (Wildman–Crippen MR) is 108 cm³/mol. The van der Waals surface area contributed by atoms with Crippen molar-refractivity contribution in [3.05, 3.63) is 76.6 Å². The number of hydrogen-bond acceptors (Lipinski definition) is 2. The first-order valence-electron chi connectivity index (χ1n) is 9.05. The standard InChI is InChI=1S/C23H21ClFNO/c1-2-23(13-4-3-5-14-23)26-21(18-7-6-8-20(25)15-18)16-22(27)17-9-11-19(24)12-10-17/h1,6-12,15-16,26H,3-5,13-14H2/b21-16-. The maximum atomic E-state index is 13.8. The van der Waals surface area contributed by atoms with Gasteiger partial charge in [-0.2, -0.15) is 0 Å². The first-order valence-corrected chi connectivity index (χ1v) is 9.43. The topological polar surface area (TPSA) is 29.1 Å². The number of halogens is 2. The zero-order valence-corrected chi connectivity index (χ0v) is 15.7. The van der Waals surface area contributed by atoms with E-state index in [0.29, 0.717) is 21.8 Å². The van der Waals surface area contributed by atoms with Gasteiger partial charge in [-0.15, -0.1) is 6.42 Å². The van der Waals surface area contributed by atoms with E-state index >= 15 is 0 Å². The van der Waals surface area contributed by atoms with Crippen molar-refractivity contribution in [2.45, 2.75) is 37.6 Å². The molecule has 0 aliphatic heterocycles. The minimum Gasteiger partial charge on any atom is -0.368 e. The summed E-state index contributed by atoms with van der Waals surface area (Å²) in [7, 11) is 0. The molecule has 2 aromatic carbocycles. The summed E-state index contributed by atoms with van der Waals surface area (Å²) in [4.78, 5) is 12.8. The molecule has 138 valence electrons. The molecule has 2 aromatic rings. The van der Waals surface area contributed by atoms with E-state index in [1.807, 2.05) is 0 Å². The molecule has 1 N–H and O–H groups in total. The molecule has 0 atom stereocenters. The summed E-state index contributed by atoms with van der Waals surface area (Å²) in [5.41, 5.74) is 1.12. The van der Waals surface area contributed by atoms with Gasteiger partial charge in [0.2, 0.25) is 0 Å². The highest BCUT2D eigenvalue weighted by Crippen LogP contribution is 2.30. The SMILES string of the molecule is C#CC1(N/C(=C\C(=O)c2ccc(Cl)cc2)c2cccc(F)c2)CCCCC1. The number of benzene rings is 2. The Morgan fingerprint density at radius 2 is 1.81 bits per heavy atom. The van der Waals surface area contributed by atoms with E-state index in [1.54, 1.807) is 36.4 Å². The van der Waals surface area contributed by atoms with Crippen LogP contribution in [0.25, 0.3) is 5.70 Å². The second-order valence-electron chi connectivity index (χ2n) is 6.85. The van der Waals surface area contributed by atoms with Crippen LogP contribution in [0, 0.1) is 18.2 Å². The van der Waals surface area contributed by atoms with Crippen molar-refractivity contribution in [3.8, 4) is 12.3 Å². The van der Waals surface area contributed by atoms with Crippen LogP contribution in [0.15, 0.2) is 54.6 Å². The lowest BCUT2D eigenvalue weighted by molar-refractivity contribution is 0.104. The van der Waals surface area contributed by atoms with Gasteiger partial charge in [-0.1, -0.05) is 48.9 Å². The molecule has 4 heteroatoms. The molecule has 1 aliphatic rings. The minimum absolute atomic E-state index is 0.193. The van der Waals surface area contributed by atoms with E-state index in [2.05, 4.69) is 11.2 Å². The molecule has 0 heterocycles. The molecule has 1 aliphatic carbocycles. The fraction of sp³-hybridized carbons (Fsp3) is 0.261. The third-order valence-corrected chi connectivity index (χ3v) is 5.15. The number of carbonyl (C=O) groups excluding carboxylic acids is 1. The molecule has 2 nitrogen and oxygen atoms in total. The largest absolute Gasteiger partial charge is 0.368 e. The first kappa shape index (κ1) is 19.2. The molecule has 1 fully saturated rings. The molecule has 0 amide bonds. The highest BCUT2D eigenvalue weighted by molar-refractivity contribution is 6.30. The van der Waals surface area contributed by atoms with Gasteiger partial charge in [0.15, 0.2) is 5.78 Å². The number of terminal acetylenes is 1. The number of allylic oxidation sites excluding steroid dienone is 1. The molecule has 0 spiro atoms. The number of carbonyl (C=O) groups is 1. The predicted octanol–water partition coefficient (Wildman–Crippen LogP) is 5.63. The van der Waals surface area contributed by atoms with Gasteiger partial charge in [-0.3, -0.25) is 4.79 Å². The molecule has 0 saturated heterocycles. The van der Waals surface area contributed by atoms with Crippen molar-refractivity contribution in [3.63, 3.8) is 0 Å². The lowest BCUT2D eigenvalue weighted by Crippen LogP contribution is -2.44. The van der Waals surface area contributed by atoms with Gasteiger partial charge in [-0.25, -0.2) is 4.39 Å². The van der Waals surface area contributed by atoms with Gasteiger partial charge < -0.3 is 5.32 Å². The molecule has 0 radical (unpaired) electrons. The molecule has 0 aromatic heterocycles. The van der Waals surface area contributed by atoms with Crippen molar-refractivity contribution >= 4 is 23.1 Å². The van der Waals surface area contributed by atoms with Crippen molar-refractivity contribution < 1.29 is 9.18 Å². The Morgan fingerprint density at radius 3 is 2.44 bits per heavy atom. The lowest BCUT2D eigenvalue weighted by atomic mass is 9.82. The van der Waals surface area contributed by atoms with Crippen LogP contribution >= 0.6 is 11.6 Å². The second kappa shape index (κ2) is 8.41. The summed E-state index contributed by atoms with van der Waals surface area (Å²) in [6.45, 7) is 0. The average molecular weight is 382 g/mol. The second-order valence-corrected chi connectivity index (χ2v) is 7.29. The molecular weight excluding hydrogens is 361 g/mol. The molecule has 0 bridgehead atoms. The summed E-state index contributed by atoms with van der Waals surface area (Å²) < 4.78 is 13.8. The van der Waals surface area contributed by atoms with E-state index in [9.17, 15) is 9.18 Å². The monoisotopic (exact) mass is 381 g/mol. The van der Waals surface area contributed by atoms with Crippen LogP contribution in [0.1, 0.15) is 48.0 Å². The van der Waals surface area contributed by atoms with E-state index in [1.165, 1.54) is 18.2 Å². The van der Waals surface area contributed by atoms with Crippen molar-refractivity contribution in [1.29, 1.82) is 0 Å². The maximum absolute atomic E-state index is 13.8. The van der Waals surface area contributed by atoms with Gasteiger partial charge in [-0.05, 0) is 49.2 Å². The number of nitrogens with one attached hydrogen (secondary N) is 1. The van der Waals surface area contributed by atoms with E-state index in [0.717, 1.165) is 32.1 Å². The van der Waals surface area contributed by atoms with Gasteiger partial charge in [0.05, 0.1) is 5.54 Å². The van der Waals surface area contributed by atoms with Crippen molar-refractivity contribution in [2.24, 2.45) is 0 Å². The van der Waals surface area contributed by atoms with Crippen molar-refractivity contribution in [2.75, 3.05) is 0 Å². The number of ketones is 1. The van der Waals surface area contributed by atoms with Crippen LogP contribution in [-0.2, 0) is 0 Å². The van der Waals surface area contributed by atoms with Crippen LogP contribution in [0.3, 0.4) is 0 Å². The molecular formula is C23H21ClFNO. The summed E-state index contributed by atoms with van der Waals surface area (Å²) in [6.07, 6.45) is 12.2. The number of hydrogen-bond donors (Lipinski definition) is 1. The summed E-state index contributed by atoms with van der Waals surface area (Å²) in [6, 6.07) is 12.8. The Morgan fingerprint density at radius 1 is 1.11 bits per heavy atom. The number of rotatable bonds is 5. The van der Waals surface area contributed by atoms with E-state index < -0.39 is 5.54 Å². The lowest BCUT2D eigenvalue weighted by Gasteiger charge is -2.35. The van der Waals surface area contributed by atoms with Crippen molar-refractivity contribution in [1.82, 2.24) is 5.32 Å². The van der Waals surface area contributed by atoms with Gasteiger partial charge in [0.1, 0.15) is 5.82 Å². The maximum Gasteiger partial charge on any atom is 0.187 e. The van der Waals surface area contributed by atoms with Crippen LogP contribution in [-0.4, -0.2) is 11.3 Å². The zero-order valence-electron chi connectivity index (χ0n) is 15.0. The highest BCUT2D eigenvalue weighted by Gasteiger charge is 2.30. The van der Waals surface area contributed by atoms with Crippen LogP contribution in [0.5, 0.6) is 0 Å².